The van der Waals surface area contributed by atoms with Crippen molar-refractivity contribution in [2.75, 3.05) is 13.1 Å². The van der Waals surface area contributed by atoms with Crippen LogP contribution < -0.4 is 10.1 Å². The molecule has 1 unspecified atom stereocenters. The Balaban J connectivity index is 1.50. The van der Waals surface area contributed by atoms with Crippen molar-refractivity contribution in [3.05, 3.63) is 36.0 Å². The summed E-state index contributed by atoms with van der Waals surface area (Å²) >= 11 is 0. The molecule has 3 amide bonds. The Morgan fingerprint density at radius 1 is 1.26 bits per heavy atom. The Hall–Kier alpha value is -3.16. The molecule has 1 aromatic heterocycles. The Bertz CT molecular complexity index is 1030. The number of allylic oxidation sites excluding steroid dienone is 1. The molecule has 4 rings (SSSR count). The monoisotopic (exact) mass is 424 g/mol. The van der Waals surface area contributed by atoms with Gasteiger partial charge in [-0.3, -0.25) is 24.4 Å². The van der Waals surface area contributed by atoms with E-state index in [2.05, 4.69) is 10.4 Å². The Morgan fingerprint density at radius 3 is 2.74 bits per heavy atom. The lowest BCUT2D eigenvalue weighted by Crippen LogP contribution is -2.41. The van der Waals surface area contributed by atoms with Gasteiger partial charge in [-0.2, -0.15) is 5.10 Å². The van der Waals surface area contributed by atoms with Crippen LogP contribution in [0.15, 0.2) is 30.4 Å². The molecular formula is C23H28N4O4. The summed E-state index contributed by atoms with van der Waals surface area (Å²) in [6.45, 7) is 3.34. The molecule has 1 atom stereocenters. The van der Waals surface area contributed by atoms with E-state index in [4.69, 9.17) is 4.74 Å². The average molecular weight is 425 g/mol. The second-order valence-electron chi connectivity index (χ2n) is 8.12. The zero-order valence-corrected chi connectivity index (χ0v) is 18.0. The maximum atomic E-state index is 12.4. The zero-order valence-electron chi connectivity index (χ0n) is 18.0. The summed E-state index contributed by atoms with van der Waals surface area (Å²) in [6, 6.07) is 5.76. The highest BCUT2D eigenvalue weighted by atomic mass is 16.5. The minimum Gasteiger partial charge on any atom is -0.488 e. The number of likely N-dealkylation sites (tertiary alicyclic amines) is 1. The first-order valence-corrected chi connectivity index (χ1v) is 10.9. The van der Waals surface area contributed by atoms with Crippen LogP contribution in [0.25, 0.3) is 10.9 Å². The van der Waals surface area contributed by atoms with Crippen molar-refractivity contribution < 1.29 is 19.1 Å². The third-order valence-corrected chi connectivity index (χ3v) is 5.97. The van der Waals surface area contributed by atoms with Crippen LogP contribution in [0.1, 0.15) is 50.6 Å². The first-order valence-electron chi connectivity index (χ1n) is 10.9. The normalized spacial score (nSPS) is 20.5. The summed E-state index contributed by atoms with van der Waals surface area (Å²) in [6.07, 6.45) is 6.69. The number of benzene rings is 1. The predicted octanol–water partition coefficient (Wildman–Crippen LogP) is 2.43. The van der Waals surface area contributed by atoms with Gasteiger partial charge in [0.2, 0.25) is 17.7 Å². The topological polar surface area (TPSA) is 93.5 Å². The molecule has 2 aromatic rings. The number of piperidine rings is 2. The number of aryl methyl sites for hydroxylation is 1. The summed E-state index contributed by atoms with van der Waals surface area (Å²) in [5.41, 5.74) is 1.52. The Morgan fingerprint density at radius 2 is 2.03 bits per heavy atom. The molecule has 0 spiro atoms. The lowest BCUT2D eigenvalue weighted by atomic mass is 9.93. The number of amides is 3. The lowest BCUT2D eigenvalue weighted by Gasteiger charge is -2.31. The van der Waals surface area contributed by atoms with E-state index in [1.807, 2.05) is 43.1 Å². The third kappa shape index (κ3) is 4.33. The van der Waals surface area contributed by atoms with Gasteiger partial charge in [0.1, 0.15) is 17.4 Å². The van der Waals surface area contributed by atoms with E-state index in [1.54, 1.807) is 10.8 Å². The highest BCUT2D eigenvalue weighted by Crippen LogP contribution is 2.35. The molecular weight excluding hydrogens is 396 g/mol. The fourth-order valence-corrected chi connectivity index (χ4v) is 4.33. The van der Waals surface area contributed by atoms with E-state index < -0.39 is 5.92 Å². The van der Waals surface area contributed by atoms with E-state index in [9.17, 15) is 14.4 Å². The van der Waals surface area contributed by atoms with Gasteiger partial charge < -0.3 is 9.64 Å². The standard InChI is InChI=1S/C23H28N4O4/c1-3-4-8-20(29)27-13-11-15(12-14-27)31-18-7-5-6-16-21(25-26(2)22(16)18)17-9-10-19(28)24-23(17)30/h4-8,15,17H,3,9-14H2,1-2H3,(H,24,28,30)/b8-4+. The van der Waals surface area contributed by atoms with Crippen molar-refractivity contribution in [1.82, 2.24) is 20.0 Å². The van der Waals surface area contributed by atoms with Crippen molar-refractivity contribution >= 4 is 28.6 Å². The van der Waals surface area contributed by atoms with E-state index in [0.717, 1.165) is 35.9 Å². The molecule has 2 saturated heterocycles. The minimum absolute atomic E-state index is 0.0127. The largest absolute Gasteiger partial charge is 0.488 e. The van der Waals surface area contributed by atoms with E-state index in [0.29, 0.717) is 31.6 Å². The van der Waals surface area contributed by atoms with Gasteiger partial charge in [-0.25, -0.2) is 0 Å². The highest BCUT2D eigenvalue weighted by Gasteiger charge is 2.32. The number of nitrogens with one attached hydrogen (secondary N) is 1. The number of para-hydroxylation sites is 1. The van der Waals surface area contributed by atoms with Crippen molar-refractivity contribution in [3.63, 3.8) is 0 Å². The molecule has 8 heteroatoms. The SMILES string of the molecule is CC/C=C/C(=O)N1CCC(Oc2cccc3c(C4CCC(=O)NC4=O)nn(C)c23)CC1. The molecule has 1 aromatic carbocycles. The number of imide groups is 1. The van der Waals surface area contributed by atoms with Gasteiger partial charge in [0, 0.05) is 44.8 Å². The summed E-state index contributed by atoms with van der Waals surface area (Å²) in [4.78, 5) is 37.9. The smallest absolute Gasteiger partial charge is 0.246 e. The zero-order chi connectivity index (χ0) is 22.0. The van der Waals surface area contributed by atoms with Crippen LogP contribution in [0.4, 0.5) is 0 Å². The Labute approximate surface area is 181 Å². The lowest BCUT2D eigenvalue weighted by molar-refractivity contribution is -0.134. The number of aromatic nitrogens is 2. The summed E-state index contributed by atoms with van der Waals surface area (Å²) < 4.78 is 8.08. The molecule has 1 N–H and O–H groups in total. The molecule has 3 heterocycles. The van der Waals surface area contributed by atoms with E-state index in [-0.39, 0.29) is 23.8 Å². The van der Waals surface area contributed by atoms with Crippen LogP contribution in [0.3, 0.4) is 0 Å². The average Bonchev–Trinajstić information content (AvgIpc) is 3.10. The fraction of sp³-hybridized carbons (Fsp3) is 0.478. The maximum Gasteiger partial charge on any atom is 0.246 e. The second kappa shape index (κ2) is 8.91. The highest BCUT2D eigenvalue weighted by molar-refractivity contribution is 6.03. The molecule has 0 aliphatic carbocycles. The number of carbonyl (C=O) groups is 3. The molecule has 164 valence electrons. The fourth-order valence-electron chi connectivity index (χ4n) is 4.33. The number of fused-ring (bicyclic) bond motifs is 1. The second-order valence-corrected chi connectivity index (χ2v) is 8.12. The first-order chi connectivity index (χ1) is 15.0. The van der Waals surface area contributed by atoms with Crippen LogP contribution in [-0.2, 0) is 21.4 Å². The predicted molar refractivity (Wildman–Crippen MR) is 115 cm³/mol. The quantitative estimate of drug-likeness (QED) is 0.588. The van der Waals surface area contributed by atoms with Crippen LogP contribution in [0, 0.1) is 0 Å². The number of rotatable bonds is 5. The van der Waals surface area contributed by atoms with E-state index in [1.165, 1.54) is 0 Å². The van der Waals surface area contributed by atoms with Gasteiger partial charge in [-0.05, 0) is 25.0 Å². The number of nitrogens with zero attached hydrogens (tertiary/aromatic N) is 3. The third-order valence-electron chi connectivity index (χ3n) is 5.97. The summed E-state index contributed by atoms with van der Waals surface area (Å²) in [5.74, 6) is -0.191. The first kappa shape index (κ1) is 21.1. The van der Waals surface area contributed by atoms with Crippen molar-refractivity contribution in [2.45, 2.75) is 51.0 Å². The van der Waals surface area contributed by atoms with Gasteiger partial charge >= 0.3 is 0 Å². The van der Waals surface area contributed by atoms with E-state index >= 15 is 0 Å². The number of ether oxygens (including phenoxy) is 1. The molecule has 2 aliphatic rings. The van der Waals surface area contributed by atoms with Gasteiger partial charge in [-0.15, -0.1) is 0 Å². The molecule has 31 heavy (non-hydrogen) atoms. The van der Waals surface area contributed by atoms with Crippen molar-refractivity contribution in [2.24, 2.45) is 7.05 Å². The van der Waals surface area contributed by atoms with Crippen LogP contribution in [0.2, 0.25) is 0 Å². The molecule has 8 nitrogen and oxygen atoms in total. The van der Waals surface area contributed by atoms with Crippen molar-refractivity contribution in [3.8, 4) is 5.75 Å². The Kier molecular flexibility index (Phi) is 6.06. The van der Waals surface area contributed by atoms with Gasteiger partial charge in [0.25, 0.3) is 0 Å². The van der Waals surface area contributed by atoms with Gasteiger partial charge in [0.15, 0.2) is 0 Å². The minimum atomic E-state index is -0.443. The number of carbonyl (C=O) groups excluding carboxylic acids is 3. The van der Waals surface area contributed by atoms with Gasteiger partial charge in [-0.1, -0.05) is 25.1 Å². The molecule has 0 saturated carbocycles. The number of hydrogen-bond acceptors (Lipinski definition) is 5. The van der Waals surface area contributed by atoms with Gasteiger partial charge in [0.05, 0.1) is 11.6 Å². The summed E-state index contributed by atoms with van der Waals surface area (Å²) in [7, 11) is 1.84. The molecule has 2 aliphatic heterocycles. The van der Waals surface area contributed by atoms with Crippen molar-refractivity contribution in [1.29, 1.82) is 0 Å². The molecule has 0 bridgehead atoms. The molecule has 0 radical (unpaired) electrons. The summed E-state index contributed by atoms with van der Waals surface area (Å²) in [5, 5.41) is 7.89. The maximum absolute atomic E-state index is 12.4. The molecule has 2 fully saturated rings. The van der Waals surface area contributed by atoms with Crippen LogP contribution in [-0.4, -0.2) is 51.6 Å². The number of hydrogen-bond donors (Lipinski definition) is 1. The van der Waals surface area contributed by atoms with Crippen LogP contribution >= 0.6 is 0 Å². The van der Waals surface area contributed by atoms with Crippen LogP contribution in [0.5, 0.6) is 5.75 Å².